The first-order valence-corrected chi connectivity index (χ1v) is 9.02. The number of amides is 1. The summed E-state index contributed by atoms with van der Waals surface area (Å²) in [6.07, 6.45) is 3.95. The second kappa shape index (κ2) is 6.77. The van der Waals surface area contributed by atoms with E-state index in [1.807, 2.05) is 72.2 Å². The van der Waals surface area contributed by atoms with Crippen LogP contribution in [0.25, 0.3) is 16.9 Å². The number of hydrogen-bond acceptors (Lipinski definition) is 2. The monoisotopic (exact) mass is 405 g/mol. The highest BCUT2D eigenvalue weighted by Crippen LogP contribution is 2.28. The Morgan fingerprint density at radius 3 is 2.73 bits per heavy atom. The molecule has 0 aliphatic rings. The van der Waals surface area contributed by atoms with Crippen molar-refractivity contribution in [2.45, 2.75) is 6.92 Å². The number of hydrogen-bond donors (Lipinski definition) is 1. The predicted octanol–water partition coefficient (Wildman–Crippen LogP) is 5.32. The van der Waals surface area contributed by atoms with Crippen molar-refractivity contribution in [3.63, 3.8) is 0 Å². The van der Waals surface area contributed by atoms with Crippen LogP contribution in [0.3, 0.4) is 0 Å². The van der Waals surface area contributed by atoms with Crippen LogP contribution in [0, 0.1) is 6.92 Å². The van der Waals surface area contributed by atoms with Gasteiger partial charge in [-0.2, -0.15) is 0 Å². The van der Waals surface area contributed by atoms with Crippen molar-refractivity contribution in [2.75, 3.05) is 5.32 Å². The number of anilines is 1. The number of halogens is 1. The fourth-order valence-electron chi connectivity index (χ4n) is 2.92. The second-order valence-electron chi connectivity index (χ2n) is 6.06. The summed E-state index contributed by atoms with van der Waals surface area (Å²) in [5.41, 5.74) is 5.06. The van der Waals surface area contributed by atoms with E-state index >= 15 is 0 Å². The van der Waals surface area contributed by atoms with Crippen molar-refractivity contribution in [3.8, 4) is 11.3 Å². The van der Waals surface area contributed by atoms with Crippen molar-refractivity contribution >= 4 is 33.2 Å². The van der Waals surface area contributed by atoms with Crippen LogP contribution in [0.4, 0.5) is 5.69 Å². The summed E-state index contributed by atoms with van der Waals surface area (Å²) in [5.74, 6) is -0.154. The van der Waals surface area contributed by atoms with Crippen molar-refractivity contribution in [1.82, 2.24) is 9.38 Å². The molecule has 4 aromatic rings. The number of aryl methyl sites for hydroxylation is 1. The number of carbonyl (C=O) groups is 1. The number of para-hydroxylation sites is 1. The zero-order valence-electron chi connectivity index (χ0n) is 14.1. The van der Waals surface area contributed by atoms with Crippen LogP contribution in [0.5, 0.6) is 0 Å². The van der Waals surface area contributed by atoms with Gasteiger partial charge >= 0.3 is 0 Å². The Labute approximate surface area is 159 Å². The van der Waals surface area contributed by atoms with Gasteiger partial charge in [-0.1, -0.05) is 46.3 Å². The van der Waals surface area contributed by atoms with E-state index in [2.05, 4.69) is 21.2 Å². The number of aromatic nitrogens is 2. The van der Waals surface area contributed by atoms with Gasteiger partial charge in [-0.3, -0.25) is 4.79 Å². The van der Waals surface area contributed by atoms with Crippen molar-refractivity contribution in [1.29, 1.82) is 0 Å². The SMILES string of the molecule is Cc1cccn2cc(-c3ccccc3NC(=O)c3cccc(Br)c3)nc12. The van der Waals surface area contributed by atoms with Gasteiger partial charge < -0.3 is 9.72 Å². The number of carbonyl (C=O) groups excluding carboxylic acids is 1. The molecule has 0 radical (unpaired) electrons. The second-order valence-corrected chi connectivity index (χ2v) is 6.97. The van der Waals surface area contributed by atoms with Crippen molar-refractivity contribution < 1.29 is 4.79 Å². The average molecular weight is 406 g/mol. The molecular weight excluding hydrogens is 390 g/mol. The fraction of sp³-hybridized carbons (Fsp3) is 0.0476. The largest absolute Gasteiger partial charge is 0.321 e. The van der Waals surface area contributed by atoms with E-state index in [0.29, 0.717) is 5.56 Å². The van der Waals surface area contributed by atoms with Crippen molar-refractivity contribution in [3.05, 3.63) is 88.7 Å². The number of rotatable bonds is 3. The van der Waals surface area contributed by atoms with Crippen LogP contribution in [-0.4, -0.2) is 15.3 Å². The molecule has 4 rings (SSSR count). The number of fused-ring (bicyclic) bond motifs is 1. The first-order chi connectivity index (χ1) is 12.6. The van der Waals surface area contributed by atoms with Gasteiger partial charge in [0.25, 0.3) is 5.91 Å². The Balaban J connectivity index is 1.72. The average Bonchev–Trinajstić information content (AvgIpc) is 3.08. The Kier molecular flexibility index (Phi) is 4.31. The first kappa shape index (κ1) is 16.5. The topological polar surface area (TPSA) is 46.4 Å². The third kappa shape index (κ3) is 3.13. The summed E-state index contributed by atoms with van der Waals surface area (Å²) in [6, 6.07) is 19.1. The molecule has 0 saturated carbocycles. The molecule has 0 unspecified atom stereocenters. The summed E-state index contributed by atoms with van der Waals surface area (Å²) in [6.45, 7) is 2.03. The molecule has 0 aliphatic carbocycles. The van der Waals surface area contributed by atoms with Gasteiger partial charge in [0, 0.05) is 28.0 Å². The molecule has 1 amide bonds. The van der Waals surface area contributed by atoms with Crippen LogP contribution >= 0.6 is 15.9 Å². The van der Waals surface area contributed by atoms with Crippen LogP contribution < -0.4 is 5.32 Å². The Hall–Kier alpha value is -2.92. The normalized spacial score (nSPS) is 10.8. The molecule has 0 atom stereocenters. The lowest BCUT2D eigenvalue weighted by atomic mass is 10.1. The van der Waals surface area contributed by atoms with E-state index in [0.717, 1.165) is 32.6 Å². The highest BCUT2D eigenvalue weighted by molar-refractivity contribution is 9.10. The quantitative estimate of drug-likeness (QED) is 0.500. The maximum Gasteiger partial charge on any atom is 0.255 e. The number of nitrogens with zero attached hydrogens (tertiary/aromatic N) is 2. The van der Waals surface area contributed by atoms with Crippen LogP contribution in [0.1, 0.15) is 15.9 Å². The van der Waals surface area contributed by atoms with Gasteiger partial charge in [0.05, 0.1) is 11.4 Å². The van der Waals surface area contributed by atoms with Crippen molar-refractivity contribution in [2.24, 2.45) is 0 Å². The number of imidazole rings is 1. The van der Waals surface area contributed by atoms with E-state index in [1.54, 1.807) is 12.1 Å². The summed E-state index contributed by atoms with van der Waals surface area (Å²) in [7, 11) is 0. The van der Waals surface area contributed by atoms with Crippen LogP contribution in [0.2, 0.25) is 0 Å². The van der Waals surface area contributed by atoms with E-state index in [-0.39, 0.29) is 5.91 Å². The highest BCUT2D eigenvalue weighted by Gasteiger charge is 2.13. The summed E-state index contributed by atoms with van der Waals surface area (Å²) >= 11 is 3.40. The van der Waals surface area contributed by atoms with Crippen LogP contribution in [0.15, 0.2) is 77.5 Å². The van der Waals surface area contributed by atoms with Gasteiger partial charge in [0.2, 0.25) is 0 Å². The standard InChI is InChI=1S/C21H16BrN3O/c1-14-6-5-11-25-13-19(23-20(14)25)17-9-2-3-10-18(17)24-21(26)15-7-4-8-16(22)12-15/h2-13H,1H3,(H,24,26). The molecule has 1 N–H and O–H groups in total. The van der Waals surface area contributed by atoms with E-state index in [1.165, 1.54) is 0 Å². The Morgan fingerprint density at radius 2 is 1.92 bits per heavy atom. The van der Waals surface area contributed by atoms with Crippen LogP contribution in [-0.2, 0) is 0 Å². The van der Waals surface area contributed by atoms with E-state index in [9.17, 15) is 4.79 Å². The Bertz CT molecular complexity index is 1120. The number of pyridine rings is 1. The molecule has 2 heterocycles. The number of benzene rings is 2. The fourth-order valence-corrected chi connectivity index (χ4v) is 3.32. The smallest absolute Gasteiger partial charge is 0.255 e. The lowest BCUT2D eigenvalue weighted by molar-refractivity contribution is 0.102. The molecule has 26 heavy (non-hydrogen) atoms. The predicted molar refractivity (Wildman–Crippen MR) is 107 cm³/mol. The molecule has 2 aromatic heterocycles. The van der Waals surface area contributed by atoms with Gasteiger partial charge in [0.15, 0.2) is 0 Å². The molecule has 0 bridgehead atoms. The molecular formula is C21H16BrN3O. The number of nitrogens with one attached hydrogen (secondary N) is 1. The van der Waals surface area contributed by atoms with Gasteiger partial charge in [0.1, 0.15) is 5.65 Å². The minimum Gasteiger partial charge on any atom is -0.321 e. The first-order valence-electron chi connectivity index (χ1n) is 8.22. The molecule has 2 aromatic carbocycles. The molecule has 0 saturated heterocycles. The van der Waals surface area contributed by atoms with E-state index < -0.39 is 0 Å². The zero-order valence-corrected chi connectivity index (χ0v) is 15.7. The summed E-state index contributed by atoms with van der Waals surface area (Å²) in [4.78, 5) is 17.4. The van der Waals surface area contributed by atoms with Gasteiger partial charge in [-0.25, -0.2) is 4.98 Å². The highest BCUT2D eigenvalue weighted by atomic mass is 79.9. The maximum atomic E-state index is 12.6. The third-order valence-corrected chi connectivity index (χ3v) is 4.71. The zero-order chi connectivity index (χ0) is 18.1. The van der Waals surface area contributed by atoms with Gasteiger partial charge in [-0.15, -0.1) is 0 Å². The Morgan fingerprint density at radius 1 is 1.08 bits per heavy atom. The maximum absolute atomic E-state index is 12.6. The molecule has 0 aliphatic heterocycles. The molecule has 0 spiro atoms. The molecule has 0 fully saturated rings. The lowest BCUT2D eigenvalue weighted by Crippen LogP contribution is -2.12. The molecule has 128 valence electrons. The lowest BCUT2D eigenvalue weighted by Gasteiger charge is -2.09. The molecule has 4 nitrogen and oxygen atoms in total. The minimum atomic E-state index is -0.154. The molecule has 5 heteroatoms. The van der Waals surface area contributed by atoms with Gasteiger partial charge in [-0.05, 0) is 42.8 Å². The third-order valence-electron chi connectivity index (χ3n) is 4.22. The minimum absolute atomic E-state index is 0.154. The summed E-state index contributed by atoms with van der Waals surface area (Å²) in [5, 5.41) is 3.00. The van der Waals surface area contributed by atoms with E-state index in [4.69, 9.17) is 4.98 Å². The summed E-state index contributed by atoms with van der Waals surface area (Å²) < 4.78 is 2.87.